The number of benzene rings is 1. The van der Waals surface area contributed by atoms with E-state index in [4.69, 9.17) is 33.7 Å². The monoisotopic (exact) mass is 716 g/mol. The zero-order valence-electron chi connectivity index (χ0n) is 29.4. The molecule has 0 fully saturated rings. The Morgan fingerprint density at radius 2 is 1.66 bits per heavy atom. The molecule has 0 bridgehead atoms. The Balaban J connectivity index is 2.09. The maximum absolute atomic E-state index is 14.2. The van der Waals surface area contributed by atoms with Crippen LogP contribution in [0.25, 0.3) is 5.52 Å². The lowest BCUT2D eigenvalue weighted by atomic mass is 9.92. The number of hydrogen-bond donors (Lipinski definition) is 2. The topological polar surface area (TPSA) is 216 Å². The number of carbonyl (C=O) groups is 3. The van der Waals surface area contributed by atoms with Gasteiger partial charge in [0.15, 0.2) is 18.0 Å². The molecule has 0 aliphatic rings. The van der Waals surface area contributed by atoms with Crippen LogP contribution in [0.2, 0.25) is 0 Å². The van der Waals surface area contributed by atoms with Gasteiger partial charge in [0.05, 0.1) is 22.9 Å². The number of aromatic nitrogens is 3. The molecule has 3 aromatic rings. The molecule has 272 valence electrons. The van der Waals surface area contributed by atoms with E-state index >= 15 is 0 Å². The lowest BCUT2D eigenvalue weighted by Crippen LogP contribution is -2.53. The number of nitriles is 1. The zero-order valence-corrected chi connectivity index (χ0v) is 30.3. The summed E-state index contributed by atoms with van der Waals surface area (Å²) in [5.74, 6) is -3.03. The predicted octanol–water partition coefficient (Wildman–Crippen LogP) is 4.41. The van der Waals surface area contributed by atoms with Gasteiger partial charge in [-0.3, -0.25) is 18.9 Å². The molecular formula is C33H45N6O10P. The van der Waals surface area contributed by atoms with Crippen molar-refractivity contribution in [1.29, 1.82) is 5.26 Å². The number of methoxy groups -OCH3 is 1. The Morgan fingerprint density at radius 3 is 2.24 bits per heavy atom. The number of rotatable bonds is 17. The Kier molecular flexibility index (Phi) is 13.5. The molecule has 0 radical (unpaired) electrons. The Labute approximate surface area is 291 Å². The van der Waals surface area contributed by atoms with Crippen molar-refractivity contribution in [3.05, 3.63) is 54.5 Å². The summed E-state index contributed by atoms with van der Waals surface area (Å²) < 4.78 is 50.0. The number of nitrogens with zero attached hydrogens (tertiary/aromatic N) is 4. The third-order valence-corrected chi connectivity index (χ3v) is 8.72. The van der Waals surface area contributed by atoms with Crippen LogP contribution in [-0.4, -0.2) is 71.1 Å². The number of hydrogen-bond acceptors (Lipinski definition) is 14. The third-order valence-electron chi connectivity index (χ3n) is 7.19. The molecule has 0 aliphatic carbocycles. The summed E-state index contributed by atoms with van der Waals surface area (Å²) >= 11 is 0. The number of nitrogen functional groups attached to an aromatic ring is 1. The highest BCUT2D eigenvalue weighted by atomic mass is 31.2. The molecule has 2 unspecified atom stereocenters. The summed E-state index contributed by atoms with van der Waals surface area (Å²) in [6.45, 7) is 10.2. The molecule has 17 heteroatoms. The molecule has 3 N–H and O–H groups in total. The molecule has 1 aromatic carbocycles. The fourth-order valence-corrected chi connectivity index (χ4v) is 5.57. The van der Waals surface area contributed by atoms with Crippen LogP contribution >= 0.6 is 7.75 Å². The quantitative estimate of drug-likeness (QED) is 0.0856. The van der Waals surface area contributed by atoms with Crippen molar-refractivity contribution >= 4 is 37.0 Å². The van der Waals surface area contributed by atoms with Crippen LogP contribution < -0.4 is 15.3 Å². The van der Waals surface area contributed by atoms with Crippen molar-refractivity contribution in [2.45, 2.75) is 66.3 Å². The zero-order chi connectivity index (χ0) is 37.3. The highest BCUT2D eigenvalue weighted by Crippen LogP contribution is 2.46. The summed E-state index contributed by atoms with van der Waals surface area (Å²) in [5, 5.41) is 17.6. The number of carbonyl (C=O) groups excluding carboxylic acids is 3. The second-order valence-corrected chi connectivity index (χ2v) is 14.7. The first kappa shape index (κ1) is 39.9. The lowest BCUT2D eigenvalue weighted by Gasteiger charge is -2.38. The van der Waals surface area contributed by atoms with Gasteiger partial charge >= 0.3 is 25.7 Å². The molecule has 0 spiro atoms. The summed E-state index contributed by atoms with van der Waals surface area (Å²) in [6, 6.07) is 13.2. The van der Waals surface area contributed by atoms with Gasteiger partial charge < -0.3 is 29.2 Å². The summed E-state index contributed by atoms with van der Waals surface area (Å²) in [5.41, 5.74) is 3.50. The van der Waals surface area contributed by atoms with Crippen molar-refractivity contribution in [2.24, 2.45) is 17.3 Å². The van der Waals surface area contributed by atoms with Crippen LogP contribution in [-0.2, 0) is 42.4 Å². The average Bonchev–Trinajstić information content (AvgIpc) is 3.50. The SMILES string of the molecule is COC(C#N)(COP(=O)(NCCOC(=O)C(C)(C)C)Oc1ccccc1)[C@@H](OC(=O)C(C)C)[C@@H](OC(=O)C(C)C)c1ccc2c(N)ncnn12. The first-order valence-corrected chi connectivity index (χ1v) is 17.4. The molecule has 2 aromatic heterocycles. The van der Waals surface area contributed by atoms with Gasteiger partial charge in [-0.2, -0.15) is 10.4 Å². The van der Waals surface area contributed by atoms with Gasteiger partial charge in [-0.25, -0.2) is 19.2 Å². The maximum Gasteiger partial charge on any atom is 0.458 e. The first-order valence-electron chi connectivity index (χ1n) is 15.8. The van der Waals surface area contributed by atoms with Gasteiger partial charge in [0.25, 0.3) is 0 Å². The van der Waals surface area contributed by atoms with E-state index in [0.29, 0.717) is 5.52 Å². The molecule has 0 saturated heterocycles. The number of fused-ring (bicyclic) bond motifs is 1. The average molecular weight is 717 g/mol. The maximum atomic E-state index is 14.2. The van der Waals surface area contributed by atoms with Crippen molar-refractivity contribution < 1.29 is 46.9 Å². The van der Waals surface area contributed by atoms with Crippen LogP contribution in [0.3, 0.4) is 0 Å². The standard InChI is InChI=1S/C33H45N6O10P/c1-21(2)29(40)47-26(24-14-15-25-28(35)36-20-37-39(24)25)27(48-30(41)22(3)4)33(18-34,44-8)19-46-50(43,49-23-12-10-9-11-13-23)38-16-17-45-31(42)32(5,6)7/h9-15,20-22,26-27H,16-17,19H2,1-8H3,(H,38,43)(H2,35,36,37)/t26-,27-,33?,50?/m0/s1. The first-order chi connectivity index (χ1) is 23.5. The normalized spacial score (nSPS) is 15.4. The van der Waals surface area contributed by atoms with Crippen molar-refractivity contribution in [2.75, 3.05) is 32.6 Å². The largest absolute Gasteiger partial charge is 0.464 e. The molecule has 0 aliphatic heterocycles. The number of nitrogens with two attached hydrogens (primary N) is 1. The number of anilines is 1. The number of esters is 3. The Bertz CT molecular complexity index is 1720. The molecular weight excluding hydrogens is 671 g/mol. The van der Waals surface area contributed by atoms with Gasteiger partial charge in [0.1, 0.15) is 36.9 Å². The summed E-state index contributed by atoms with van der Waals surface area (Å²) in [4.78, 5) is 42.7. The molecule has 50 heavy (non-hydrogen) atoms. The Hall–Kier alpha value is -4.55. The predicted molar refractivity (Wildman–Crippen MR) is 180 cm³/mol. The molecule has 2 heterocycles. The molecule has 16 nitrogen and oxygen atoms in total. The fourth-order valence-electron chi connectivity index (χ4n) is 4.24. The van der Waals surface area contributed by atoms with Gasteiger partial charge in [0.2, 0.25) is 5.60 Å². The highest BCUT2D eigenvalue weighted by Gasteiger charge is 2.52. The number of ether oxygens (including phenoxy) is 4. The minimum atomic E-state index is -4.40. The van der Waals surface area contributed by atoms with Crippen LogP contribution in [0, 0.1) is 28.6 Å². The highest BCUT2D eigenvalue weighted by molar-refractivity contribution is 7.52. The van der Waals surface area contributed by atoms with E-state index in [0.717, 1.165) is 7.11 Å². The minimum Gasteiger partial charge on any atom is -0.464 e. The summed E-state index contributed by atoms with van der Waals surface area (Å²) in [6.07, 6.45) is -2.09. The smallest absolute Gasteiger partial charge is 0.458 e. The minimum absolute atomic E-state index is 0.107. The third kappa shape index (κ3) is 10.0. The van der Waals surface area contributed by atoms with E-state index in [1.54, 1.807) is 72.7 Å². The Morgan fingerprint density at radius 1 is 1.02 bits per heavy atom. The molecule has 0 saturated carbocycles. The number of para-hydroxylation sites is 1. The van der Waals surface area contributed by atoms with Gasteiger partial charge in [-0.15, -0.1) is 0 Å². The van der Waals surface area contributed by atoms with Gasteiger partial charge in [-0.05, 0) is 45.0 Å². The molecule has 4 atom stereocenters. The second kappa shape index (κ2) is 16.9. The molecule has 0 amide bonds. The van der Waals surface area contributed by atoms with Crippen LogP contribution in [0.15, 0.2) is 48.8 Å². The van der Waals surface area contributed by atoms with Gasteiger partial charge in [0, 0.05) is 13.7 Å². The van der Waals surface area contributed by atoms with E-state index in [1.165, 1.54) is 29.0 Å². The van der Waals surface area contributed by atoms with E-state index < -0.39 is 67.3 Å². The van der Waals surface area contributed by atoms with E-state index in [9.17, 15) is 24.2 Å². The molecule has 3 rings (SSSR count). The number of nitrogens with one attached hydrogen (secondary N) is 1. The van der Waals surface area contributed by atoms with Crippen molar-refractivity contribution in [3.8, 4) is 11.8 Å². The second-order valence-electron chi connectivity index (χ2n) is 12.9. The van der Waals surface area contributed by atoms with E-state index in [2.05, 4.69) is 15.2 Å². The van der Waals surface area contributed by atoms with Crippen LogP contribution in [0.5, 0.6) is 5.75 Å². The fraction of sp³-hybridized carbons (Fsp3) is 0.515. The van der Waals surface area contributed by atoms with Gasteiger partial charge in [-0.1, -0.05) is 45.9 Å². The van der Waals surface area contributed by atoms with E-state index in [-0.39, 0.29) is 30.4 Å². The van der Waals surface area contributed by atoms with Crippen LogP contribution in [0.1, 0.15) is 60.3 Å². The van der Waals surface area contributed by atoms with Crippen molar-refractivity contribution in [1.82, 2.24) is 19.7 Å². The van der Waals surface area contributed by atoms with Crippen molar-refractivity contribution in [3.63, 3.8) is 0 Å². The lowest BCUT2D eigenvalue weighted by molar-refractivity contribution is -0.197. The van der Waals surface area contributed by atoms with Crippen LogP contribution in [0.4, 0.5) is 5.82 Å². The summed E-state index contributed by atoms with van der Waals surface area (Å²) in [7, 11) is -3.24. The van der Waals surface area contributed by atoms with E-state index in [1.807, 2.05) is 6.07 Å².